The number of aliphatic imine (C=N–C) groups is 1. The van der Waals surface area contributed by atoms with Crippen molar-refractivity contribution in [2.75, 3.05) is 25.6 Å². The van der Waals surface area contributed by atoms with Gasteiger partial charge in [0.05, 0.1) is 0 Å². The summed E-state index contributed by atoms with van der Waals surface area (Å²) < 4.78 is 1.14. The molecule has 0 radical (unpaired) electrons. The molecule has 2 atom stereocenters. The van der Waals surface area contributed by atoms with E-state index in [2.05, 4.69) is 62.1 Å². The maximum Gasteiger partial charge on any atom is 0.191 e. The second-order valence-electron chi connectivity index (χ2n) is 5.34. The highest BCUT2D eigenvalue weighted by molar-refractivity contribution is 14.0. The van der Waals surface area contributed by atoms with Crippen molar-refractivity contribution in [2.24, 2.45) is 4.99 Å². The molecule has 1 saturated carbocycles. The van der Waals surface area contributed by atoms with E-state index in [1.807, 2.05) is 18.8 Å². The summed E-state index contributed by atoms with van der Waals surface area (Å²) in [6.07, 6.45) is 5.80. The Balaban J connectivity index is 0.00000242. The molecule has 6 heteroatoms. The van der Waals surface area contributed by atoms with Crippen LogP contribution in [0.4, 0.5) is 0 Å². The zero-order valence-corrected chi connectivity index (χ0v) is 17.9. The van der Waals surface area contributed by atoms with Crippen molar-refractivity contribution in [1.29, 1.82) is 0 Å². The van der Waals surface area contributed by atoms with E-state index < -0.39 is 0 Å². The Morgan fingerprint density at radius 2 is 2.05 bits per heavy atom. The summed E-state index contributed by atoms with van der Waals surface area (Å²) in [5.41, 5.74) is 1.41. The summed E-state index contributed by atoms with van der Waals surface area (Å²) in [5, 5.41) is 6.92. The molecule has 1 aromatic carbocycles. The van der Waals surface area contributed by atoms with E-state index in [-0.39, 0.29) is 24.0 Å². The first-order valence-corrected chi connectivity index (χ1v) is 9.65. The van der Waals surface area contributed by atoms with Crippen molar-refractivity contribution < 1.29 is 0 Å². The molecule has 0 saturated heterocycles. The Bertz CT molecular complexity index is 467. The highest BCUT2D eigenvalue weighted by atomic mass is 127. The molecule has 2 unspecified atom stereocenters. The smallest absolute Gasteiger partial charge is 0.191 e. The molecule has 3 nitrogen and oxygen atoms in total. The first kappa shape index (κ1) is 20.1. The fraction of sp³-hybridized carbons (Fsp3) is 0.562. The number of benzene rings is 1. The first-order chi connectivity index (χ1) is 10.2. The third-order valence-electron chi connectivity index (χ3n) is 3.70. The second-order valence-corrected chi connectivity index (χ2v) is 7.24. The van der Waals surface area contributed by atoms with Crippen LogP contribution in [0.25, 0.3) is 0 Å². The highest BCUT2D eigenvalue weighted by Crippen LogP contribution is 2.40. The fourth-order valence-electron chi connectivity index (χ4n) is 2.38. The van der Waals surface area contributed by atoms with Crippen molar-refractivity contribution >= 4 is 57.6 Å². The van der Waals surface area contributed by atoms with E-state index in [1.165, 1.54) is 30.6 Å². The van der Waals surface area contributed by atoms with Crippen LogP contribution in [0.5, 0.6) is 0 Å². The third kappa shape index (κ3) is 6.66. The summed E-state index contributed by atoms with van der Waals surface area (Å²) in [7, 11) is 1.84. The number of unbranched alkanes of at least 4 members (excludes halogenated alkanes) is 1. The highest BCUT2D eigenvalue weighted by Gasteiger charge is 2.38. The Morgan fingerprint density at radius 1 is 1.32 bits per heavy atom. The molecule has 0 amide bonds. The van der Waals surface area contributed by atoms with Gasteiger partial charge < -0.3 is 10.6 Å². The van der Waals surface area contributed by atoms with Gasteiger partial charge in [-0.1, -0.05) is 28.1 Å². The number of hydrogen-bond acceptors (Lipinski definition) is 2. The Kier molecular flexibility index (Phi) is 9.82. The first-order valence-electron chi connectivity index (χ1n) is 7.46. The van der Waals surface area contributed by atoms with Gasteiger partial charge in [-0.2, -0.15) is 11.8 Å². The van der Waals surface area contributed by atoms with Crippen LogP contribution in [0.2, 0.25) is 0 Å². The minimum atomic E-state index is 0. The monoisotopic (exact) mass is 497 g/mol. The molecule has 0 aromatic heterocycles. The molecular formula is C16H25BrIN3S. The van der Waals surface area contributed by atoms with E-state index in [0.29, 0.717) is 12.0 Å². The van der Waals surface area contributed by atoms with Gasteiger partial charge in [-0.25, -0.2) is 0 Å². The molecule has 1 aromatic rings. The average Bonchev–Trinajstić information content (AvgIpc) is 3.26. The molecule has 0 aliphatic heterocycles. The van der Waals surface area contributed by atoms with Crippen molar-refractivity contribution in [2.45, 2.75) is 31.2 Å². The lowest BCUT2D eigenvalue weighted by molar-refractivity contribution is 0.728. The zero-order valence-electron chi connectivity index (χ0n) is 13.1. The van der Waals surface area contributed by atoms with Crippen molar-refractivity contribution in [1.82, 2.24) is 10.6 Å². The second kappa shape index (κ2) is 10.8. The lowest BCUT2D eigenvalue weighted by Gasteiger charge is -2.11. The topological polar surface area (TPSA) is 36.4 Å². The van der Waals surface area contributed by atoms with Gasteiger partial charge in [0.15, 0.2) is 5.96 Å². The van der Waals surface area contributed by atoms with Gasteiger partial charge in [0.1, 0.15) is 0 Å². The predicted octanol–water partition coefficient (Wildman–Crippen LogP) is 4.23. The number of hydrogen-bond donors (Lipinski definition) is 2. The average molecular weight is 498 g/mol. The fourth-order valence-corrected chi connectivity index (χ4v) is 3.14. The molecule has 2 rings (SSSR count). The van der Waals surface area contributed by atoms with Gasteiger partial charge in [-0.05, 0) is 49.0 Å². The van der Waals surface area contributed by atoms with Gasteiger partial charge in [0.2, 0.25) is 0 Å². The zero-order chi connectivity index (χ0) is 15.1. The van der Waals surface area contributed by atoms with Crippen molar-refractivity contribution in [3.8, 4) is 0 Å². The number of thioether (sulfide) groups is 1. The largest absolute Gasteiger partial charge is 0.356 e. The van der Waals surface area contributed by atoms with E-state index in [9.17, 15) is 0 Å². The lowest BCUT2D eigenvalue weighted by Crippen LogP contribution is -2.39. The van der Waals surface area contributed by atoms with Crippen LogP contribution in [0.3, 0.4) is 0 Å². The normalized spacial score (nSPS) is 20.2. The molecule has 0 bridgehead atoms. The van der Waals surface area contributed by atoms with Crippen LogP contribution in [-0.4, -0.2) is 37.6 Å². The molecule has 1 aliphatic carbocycles. The Hall–Kier alpha value is 0.0500. The summed E-state index contributed by atoms with van der Waals surface area (Å²) in [5.74, 6) is 2.79. The van der Waals surface area contributed by atoms with Crippen LogP contribution in [0.1, 0.15) is 30.7 Å². The summed E-state index contributed by atoms with van der Waals surface area (Å²) in [6.45, 7) is 0.996. The number of nitrogens with zero attached hydrogens (tertiary/aromatic N) is 1. The molecule has 0 heterocycles. The molecule has 1 fully saturated rings. The van der Waals surface area contributed by atoms with Gasteiger partial charge in [-0.15, -0.1) is 24.0 Å². The van der Waals surface area contributed by atoms with E-state index >= 15 is 0 Å². The number of halogens is 2. The van der Waals surface area contributed by atoms with Crippen LogP contribution >= 0.6 is 51.7 Å². The number of guanidine groups is 1. The van der Waals surface area contributed by atoms with Gasteiger partial charge >= 0.3 is 0 Å². The number of rotatable bonds is 7. The van der Waals surface area contributed by atoms with E-state index in [4.69, 9.17) is 0 Å². The minimum Gasteiger partial charge on any atom is -0.356 e. The van der Waals surface area contributed by atoms with Crippen LogP contribution in [-0.2, 0) is 0 Å². The molecule has 2 N–H and O–H groups in total. The SMILES string of the molecule is CN=C(NCCCCSC)NC1CC1c1ccc(Br)cc1.I. The predicted molar refractivity (Wildman–Crippen MR) is 113 cm³/mol. The van der Waals surface area contributed by atoms with Gasteiger partial charge in [-0.3, -0.25) is 4.99 Å². The van der Waals surface area contributed by atoms with Crippen LogP contribution < -0.4 is 10.6 Å². The lowest BCUT2D eigenvalue weighted by atomic mass is 10.1. The molecule has 124 valence electrons. The molecule has 0 spiro atoms. The maximum absolute atomic E-state index is 4.31. The van der Waals surface area contributed by atoms with Crippen molar-refractivity contribution in [3.05, 3.63) is 34.3 Å². The quantitative estimate of drug-likeness (QED) is 0.256. The molecular weight excluding hydrogens is 473 g/mol. The van der Waals surface area contributed by atoms with Crippen LogP contribution in [0.15, 0.2) is 33.7 Å². The van der Waals surface area contributed by atoms with E-state index in [0.717, 1.165) is 17.0 Å². The third-order valence-corrected chi connectivity index (χ3v) is 4.93. The van der Waals surface area contributed by atoms with E-state index in [1.54, 1.807) is 0 Å². The molecule has 22 heavy (non-hydrogen) atoms. The Morgan fingerprint density at radius 3 is 2.68 bits per heavy atom. The van der Waals surface area contributed by atoms with Gasteiger partial charge in [0, 0.05) is 30.0 Å². The number of nitrogens with one attached hydrogen (secondary N) is 2. The standard InChI is InChI=1S/C16H24BrN3S.HI/c1-18-16(19-9-3-4-10-21-2)20-15-11-14(15)12-5-7-13(17)8-6-12;/h5-8,14-15H,3-4,9-11H2,1-2H3,(H2,18,19,20);1H. The van der Waals surface area contributed by atoms with Crippen LogP contribution in [0, 0.1) is 0 Å². The maximum atomic E-state index is 4.31. The summed E-state index contributed by atoms with van der Waals surface area (Å²) >= 11 is 5.39. The van der Waals surface area contributed by atoms with Crippen molar-refractivity contribution in [3.63, 3.8) is 0 Å². The Labute approximate surface area is 163 Å². The minimum absolute atomic E-state index is 0. The summed E-state index contributed by atoms with van der Waals surface area (Å²) in [6, 6.07) is 9.15. The molecule has 1 aliphatic rings. The van der Waals surface area contributed by atoms with Gasteiger partial charge in [0.25, 0.3) is 0 Å². The summed E-state index contributed by atoms with van der Waals surface area (Å²) in [4.78, 5) is 4.31.